The lowest BCUT2D eigenvalue weighted by molar-refractivity contribution is -0.123. The summed E-state index contributed by atoms with van der Waals surface area (Å²) in [6, 6.07) is 2.90. The van der Waals surface area contributed by atoms with Crippen LogP contribution in [-0.2, 0) is 4.79 Å². The normalized spacial score (nSPS) is 13.7. The van der Waals surface area contributed by atoms with E-state index in [1.165, 1.54) is 19.2 Å². The monoisotopic (exact) mass is 299 g/mol. The molecule has 0 radical (unpaired) electrons. The summed E-state index contributed by atoms with van der Waals surface area (Å²) >= 11 is 5.81. The standard InChI is InChI=1S/C13H14ClNO5/c1-19-10-5-7(14)4-9(13(17)18)12(10)20-6-11(16)15-8-2-3-8/h4-5,8H,2-3,6H2,1H3,(H,15,16)(H,17,18). The van der Waals surface area contributed by atoms with Crippen molar-refractivity contribution in [1.29, 1.82) is 0 Å². The van der Waals surface area contributed by atoms with Crippen molar-refractivity contribution in [3.05, 3.63) is 22.7 Å². The molecule has 6 nitrogen and oxygen atoms in total. The maximum Gasteiger partial charge on any atom is 0.339 e. The van der Waals surface area contributed by atoms with Crippen molar-refractivity contribution in [2.75, 3.05) is 13.7 Å². The molecule has 2 N–H and O–H groups in total. The Hall–Kier alpha value is -1.95. The van der Waals surface area contributed by atoms with Crippen molar-refractivity contribution < 1.29 is 24.2 Å². The molecule has 1 fully saturated rings. The van der Waals surface area contributed by atoms with Crippen LogP contribution in [-0.4, -0.2) is 36.7 Å². The molecule has 1 aromatic carbocycles. The van der Waals surface area contributed by atoms with E-state index >= 15 is 0 Å². The Morgan fingerprint density at radius 3 is 2.70 bits per heavy atom. The van der Waals surface area contributed by atoms with Gasteiger partial charge in [-0.25, -0.2) is 4.79 Å². The van der Waals surface area contributed by atoms with E-state index in [4.69, 9.17) is 26.2 Å². The number of benzene rings is 1. The van der Waals surface area contributed by atoms with E-state index in [1.54, 1.807) is 0 Å². The number of amides is 1. The third kappa shape index (κ3) is 3.54. The summed E-state index contributed by atoms with van der Waals surface area (Å²) in [6.45, 7) is -0.269. The predicted octanol–water partition coefficient (Wildman–Crippen LogP) is 1.70. The van der Waals surface area contributed by atoms with Gasteiger partial charge in [-0.3, -0.25) is 4.79 Å². The zero-order valence-electron chi connectivity index (χ0n) is 10.8. The molecule has 0 bridgehead atoms. The lowest BCUT2D eigenvalue weighted by Crippen LogP contribution is -2.30. The molecule has 7 heteroatoms. The summed E-state index contributed by atoms with van der Waals surface area (Å²) in [6.07, 6.45) is 1.94. The molecule has 0 aliphatic heterocycles. The third-order valence-electron chi connectivity index (χ3n) is 2.76. The van der Waals surface area contributed by atoms with Gasteiger partial charge in [0.25, 0.3) is 5.91 Å². The first-order valence-corrected chi connectivity index (χ1v) is 6.42. The Labute approximate surface area is 120 Å². The maximum atomic E-state index is 11.6. The smallest absolute Gasteiger partial charge is 0.339 e. The van der Waals surface area contributed by atoms with Crippen molar-refractivity contribution in [2.45, 2.75) is 18.9 Å². The van der Waals surface area contributed by atoms with Crippen molar-refractivity contribution in [3.63, 3.8) is 0 Å². The second-order valence-electron chi connectivity index (χ2n) is 4.42. The van der Waals surface area contributed by atoms with E-state index in [9.17, 15) is 9.59 Å². The molecule has 1 aliphatic rings. The first-order chi connectivity index (χ1) is 9.51. The zero-order valence-corrected chi connectivity index (χ0v) is 11.6. The van der Waals surface area contributed by atoms with Gasteiger partial charge in [-0.15, -0.1) is 0 Å². The molecular weight excluding hydrogens is 286 g/mol. The van der Waals surface area contributed by atoms with E-state index in [1.807, 2.05) is 0 Å². The van der Waals surface area contributed by atoms with Gasteiger partial charge in [0, 0.05) is 17.1 Å². The molecule has 0 spiro atoms. The number of nitrogens with one attached hydrogen (secondary N) is 1. The van der Waals surface area contributed by atoms with Crippen LogP contribution in [0.2, 0.25) is 5.02 Å². The number of carboxylic acid groups (broad SMARTS) is 1. The third-order valence-corrected chi connectivity index (χ3v) is 2.98. The van der Waals surface area contributed by atoms with E-state index in [2.05, 4.69) is 5.32 Å². The fourth-order valence-corrected chi connectivity index (χ4v) is 1.87. The number of hydrogen-bond acceptors (Lipinski definition) is 4. The highest BCUT2D eigenvalue weighted by atomic mass is 35.5. The van der Waals surface area contributed by atoms with Crippen LogP contribution >= 0.6 is 11.6 Å². The topological polar surface area (TPSA) is 84.9 Å². The predicted molar refractivity (Wildman–Crippen MR) is 71.6 cm³/mol. The van der Waals surface area contributed by atoms with Crippen LogP contribution in [0.1, 0.15) is 23.2 Å². The van der Waals surface area contributed by atoms with Crippen LogP contribution in [0.5, 0.6) is 11.5 Å². The van der Waals surface area contributed by atoms with Crippen LogP contribution in [0.25, 0.3) is 0 Å². The minimum atomic E-state index is -1.21. The fourth-order valence-electron chi connectivity index (χ4n) is 1.66. The zero-order chi connectivity index (χ0) is 14.7. The van der Waals surface area contributed by atoms with E-state index in [-0.39, 0.29) is 40.6 Å². The second-order valence-corrected chi connectivity index (χ2v) is 4.86. The van der Waals surface area contributed by atoms with Gasteiger partial charge >= 0.3 is 5.97 Å². The minimum absolute atomic E-state index is 0.00431. The molecule has 0 heterocycles. The second kappa shape index (κ2) is 6.00. The largest absolute Gasteiger partial charge is 0.493 e. The van der Waals surface area contributed by atoms with Crippen molar-refractivity contribution >= 4 is 23.5 Å². The summed E-state index contributed by atoms with van der Waals surface area (Å²) < 4.78 is 10.3. The summed E-state index contributed by atoms with van der Waals surface area (Å²) in [5.41, 5.74) is -0.145. The Morgan fingerprint density at radius 2 is 2.15 bits per heavy atom. The number of carbonyl (C=O) groups excluding carboxylic acids is 1. The number of ether oxygens (including phenoxy) is 2. The van der Waals surface area contributed by atoms with E-state index in [0.29, 0.717) is 0 Å². The lowest BCUT2D eigenvalue weighted by Gasteiger charge is -2.13. The maximum absolute atomic E-state index is 11.6. The van der Waals surface area contributed by atoms with Crippen molar-refractivity contribution in [1.82, 2.24) is 5.32 Å². The molecule has 0 saturated heterocycles. The van der Waals surface area contributed by atoms with Gasteiger partial charge in [-0.1, -0.05) is 11.6 Å². The minimum Gasteiger partial charge on any atom is -0.493 e. The fraction of sp³-hybridized carbons (Fsp3) is 0.385. The first-order valence-electron chi connectivity index (χ1n) is 6.04. The quantitative estimate of drug-likeness (QED) is 0.835. The van der Waals surface area contributed by atoms with Gasteiger partial charge in [0.1, 0.15) is 5.56 Å². The number of carboxylic acids is 1. The molecule has 108 valence electrons. The highest BCUT2D eigenvalue weighted by molar-refractivity contribution is 6.31. The van der Waals surface area contributed by atoms with Crippen molar-refractivity contribution in [2.24, 2.45) is 0 Å². The van der Waals surface area contributed by atoms with Gasteiger partial charge in [0.15, 0.2) is 18.1 Å². The molecule has 20 heavy (non-hydrogen) atoms. The Morgan fingerprint density at radius 1 is 1.45 bits per heavy atom. The summed E-state index contributed by atoms with van der Waals surface area (Å²) in [5, 5.41) is 12.1. The van der Waals surface area contributed by atoms with Gasteiger partial charge < -0.3 is 19.9 Å². The molecule has 0 atom stereocenters. The number of hydrogen-bond donors (Lipinski definition) is 2. The molecular formula is C13H14ClNO5. The number of halogens is 1. The Kier molecular flexibility index (Phi) is 4.34. The summed E-state index contributed by atoms with van der Waals surface area (Å²) in [5.74, 6) is -1.33. The van der Waals surface area contributed by atoms with Crippen LogP contribution in [0.15, 0.2) is 12.1 Å². The highest BCUT2D eigenvalue weighted by Gasteiger charge is 2.24. The van der Waals surface area contributed by atoms with Gasteiger partial charge in [-0.05, 0) is 18.9 Å². The Balaban J connectivity index is 2.15. The average molecular weight is 300 g/mol. The number of methoxy groups -OCH3 is 1. The van der Waals surface area contributed by atoms with Crippen LogP contribution in [0.4, 0.5) is 0 Å². The molecule has 1 aliphatic carbocycles. The average Bonchev–Trinajstić information content (AvgIpc) is 3.19. The number of aromatic carboxylic acids is 1. The van der Waals surface area contributed by atoms with Crippen LogP contribution in [0, 0.1) is 0 Å². The van der Waals surface area contributed by atoms with Gasteiger partial charge in [0.05, 0.1) is 7.11 Å². The highest BCUT2D eigenvalue weighted by Crippen LogP contribution is 2.34. The van der Waals surface area contributed by atoms with E-state index < -0.39 is 5.97 Å². The summed E-state index contributed by atoms with van der Waals surface area (Å²) in [7, 11) is 1.37. The number of carbonyl (C=O) groups is 2. The molecule has 2 rings (SSSR count). The van der Waals surface area contributed by atoms with Crippen LogP contribution in [0.3, 0.4) is 0 Å². The summed E-state index contributed by atoms with van der Waals surface area (Å²) in [4.78, 5) is 22.7. The molecule has 1 amide bonds. The lowest BCUT2D eigenvalue weighted by atomic mass is 10.2. The van der Waals surface area contributed by atoms with Gasteiger partial charge in [-0.2, -0.15) is 0 Å². The number of rotatable bonds is 6. The van der Waals surface area contributed by atoms with Gasteiger partial charge in [0.2, 0.25) is 0 Å². The molecule has 1 saturated carbocycles. The van der Waals surface area contributed by atoms with E-state index in [0.717, 1.165) is 12.8 Å². The molecule has 0 aromatic heterocycles. The SMILES string of the molecule is COc1cc(Cl)cc(C(=O)O)c1OCC(=O)NC1CC1. The first kappa shape index (κ1) is 14.5. The van der Waals surface area contributed by atoms with Crippen LogP contribution < -0.4 is 14.8 Å². The molecule has 0 unspecified atom stereocenters. The Bertz CT molecular complexity index is 542. The van der Waals surface area contributed by atoms with Crippen molar-refractivity contribution in [3.8, 4) is 11.5 Å². The molecule has 1 aromatic rings.